The first-order valence-electron chi connectivity index (χ1n) is 12.2. The summed E-state index contributed by atoms with van der Waals surface area (Å²) in [5.74, 6) is 0.635. The van der Waals surface area contributed by atoms with Gasteiger partial charge in [0, 0.05) is 18.4 Å². The number of ether oxygens (including phenoxy) is 3. The second-order valence-electron chi connectivity index (χ2n) is 9.77. The zero-order valence-corrected chi connectivity index (χ0v) is 21.4. The number of benzene rings is 2. The molecule has 2 heterocycles. The number of carbonyl (C=O) groups is 2. The molecule has 4 rings (SSSR count). The smallest absolute Gasteiger partial charge is 0.410 e. The normalized spacial score (nSPS) is 15.9. The van der Waals surface area contributed by atoms with Crippen LogP contribution in [0.4, 0.5) is 4.79 Å². The molecule has 0 N–H and O–H groups in total. The van der Waals surface area contributed by atoms with Gasteiger partial charge in [0.15, 0.2) is 0 Å². The third-order valence-electron chi connectivity index (χ3n) is 5.71. The molecule has 0 aliphatic carbocycles. The highest BCUT2D eigenvalue weighted by atomic mass is 16.6. The Bertz CT molecular complexity index is 1360. The van der Waals surface area contributed by atoms with E-state index in [4.69, 9.17) is 23.9 Å². The SMILES string of the molecule is CCOC(=O)C(=Cc1cc2cc(C#N)ccc2o1)c1ccc(O[C@H]2CCN(C(=O)OC(C)(C)C)C2)cc1. The number of hydrogen-bond acceptors (Lipinski definition) is 7. The average Bonchev–Trinajstić information content (AvgIpc) is 3.48. The number of furan rings is 1. The van der Waals surface area contributed by atoms with Crippen molar-refractivity contribution in [1.82, 2.24) is 4.90 Å². The first-order chi connectivity index (χ1) is 17.6. The van der Waals surface area contributed by atoms with Crippen LogP contribution in [-0.2, 0) is 14.3 Å². The molecule has 1 amide bonds. The van der Waals surface area contributed by atoms with Crippen LogP contribution in [0.5, 0.6) is 5.75 Å². The highest BCUT2D eigenvalue weighted by molar-refractivity contribution is 6.21. The van der Waals surface area contributed by atoms with Crippen LogP contribution >= 0.6 is 0 Å². The Morgan fingerprint density at radius 1 is 1.16 bits per heavy atom. The third-order valence-corrected chi connectivity index (χ3v) is 5.71. The summed E-state index contributed by atoms with van der Waals surface area (Å²) in [6.07, 6.45) is 1.85. The van der Waals surface area contributed by atoms with Gasteiger partial charge >= 0.3 is 12.1 Å². The van der Waals surface area contributed by atoms with Gasteiger partial charge in [-0.05, 0) is 75.7 Å². The minimum absolute atomic E-state index is 0.146. The number of nitriles is 1. The number of hydrogen-bond donors (Lipinski definition) is 0. The van der Waals surface area contributed by atoms with Crippen molar-refractivity contribution in [2.24, 2.45) is 0 Å². The van der Waals surface area contributed by atoms with Crippen LogP contribution in [0.2, 0.25) is 0 Å². The van der Waals surface area contributed by atoms with Gasteiger partial charge in [-0.1, -0.05) is 12.1 Å². The molecule has 0 bridgehead atoms. The number of rotatable bonds is 6. The molecule has 1 saturated heterocycles. The second-order valence-corrected chi connectivity index (χ2v) is 9.77. The van der Waals surface area contributed by atoms with Crippen molar-refractivity contribution in [3.05, 3.63) is 65.4 Å². The van der Waals surface area contributed by atoms with E-state index in [0.717, 1.165) is 5.39 Å². The van der Waals surface area contributed by atoms with Crippen molar-refractivity contribution in [2.45, 2.75) is 45.8 Å². The number of likely N-dealkylation sites (tertiary alicyclic amines) is 1. The molecule has 37 heavy (non-hydrogen) atoms. The molecular weight excluding hydrogens is 472 g/mol. The number of carbonyl (C=O) groups excluding carboxylic acids is 2. The molecule has 0 saturated carbocycles. The standard InChI is InChI=1S/C29H30N2O6/c1-5-34-27(32)25(16-24-15-21-14-19(17-30)6-11-26(21)36-24)20-7-9-22(10-8-20)35-23-12-13-31(18-23)28(33)37-29(2,3)4/h6-11,14-16,23H,5,12-13,18H2,1-4H3/t23-/m0/s1. The molecule has 1 fully saturated rings. The summed E-state index contributed by atoms with van der Waals surface area (Å²) in [7, 11) is 0. The molecule has 0 unspecified atom stereocenters. The predicted octanol–water partition coefficient (Wildman–Crippen LogP) is 5.80. The van der Waals surface area contributed by atoms with Crippen molar-refractivity contribution in [2.75, 3.05) is 19.7 Å². The average molecular weight is 503 g/mol. The summed E-state index contributed by atoms with van der Waals surface area (Å²) in [6, 6.07) is 16.2. The van der Waals surface area contributed by atoms with E-state index in [2.05, 4.69) is 6.07 Å². The van der Waals surface area contributed by atoms with Gasteiger partial charge in [-0.15, -0.1) is 0 Å². The fourth-order valence-electron chi connectivity index (χ4n) is 4.04. The Balaban J connectivity index is 1.49. The third kappa shape index (κ3) is 6.50. The monoisotopic (exact) mass is 502 g/mol. The van der Waals surface area contributed by atoms with Crippen molar-refractivity contribution in [3.8, 4) is 11.8 Å². The van der Waals surface area contributed by atoms with E-state index in [9.17, 15) is 9.59 Å². The molecule has 1 atom stereocenters. The summed E-state index contributed by atoms with van der Waals surface area (Å²) in [5.41, 5.74) is 1.59. The fourth-order valence-corrected chi connectivity index (χ4v) is 4.04. The van der Waals surface area contributed by atoms with Gasteiger partial charge in [-0.2, -0.15) is 5.26 Å². The van der Waals surface area contributed by atoms with Gasteiger partial charge in [0.05, 0.1) is 30.4 Å². The minimum atomic E-state index is -0.544. The predicted molar refractivity (Wildman–Crippen MR) is 139 cm³/mol. The summed E-state index contributed by atoms with van der Waals surface area (Å²) < 4.78 is 22.7. The molecule has 8 nitrogen and oxygen atoms in total. The maximum absolute atomic E-state index is 12.8. The summed E-state index contributed by atoms with van der Waals surface area (Å²) in [4.78, 5) is 26.7. The summed E-state index contributed by atoms with van der Waals surface area (Å²) in [5, 5.41) is 9.91. The van der Waals surface area contributed by atoms with E-state index in [1.54, 1.807) is 66.4 Å². The summed E-state index contributed by atoms with van der Waals surface area (Å²) in [6.45, 7) is 8.53. The second kappa shape index (κ2) is 10.8. The van der Waals surface area contributed by atoms with E-state index >= 15 is 0 Å². The van der Waals surface area contributed by atoms with E-state index in [-0.39, 0.29) is 18.8 Å². The fraction of sp³-hybridized carbons (Fsp3) is 0.345. The highest BCUT2D eigenvalue weighted by Crippen LogP contribution is 2.28. The van der Waals surface area contributed by atoms with Crippen LogP contribution in [-0.4, -0.2) is 48.4 Å². The molecule has 2 aromatic carbocycles. The van der Waals surface area contributed by atoms with E-state index in [1.165, 1.54) is 0 Å². The molecule has 1 aliphatic rings. The van der Waals surface area contributed by atoms with Crippen molar-refractivity contribution in [1.29, 1.82) is 5.26 Å². The maximum atomic E-state index is 12.8. The van der Waals surface area contributed by atoms with Crippen molar-refractivity contribution >= 4 is 34.7 Å². The Kier molecular flexibility index (Phi) is 7.53. The van der Waals surface area contributed by atoms with Crippen LogP contribution in [0.25, 0.3) is 22.6 Å². The lowest BCUT2D eigenvalue weighted by molar-refractivity contribution is -0.136. The number of amides is 1. The van der Waals surface area contributed by atoms with Crippen LogP contribution in [0.15, 0.2) is 52.9 Å². The van der Waals surface area contributed by atoms with Crippen LogP contribution in [0, 0.1) is 11.3 Å². The van der Waals surface area contributed by atoms with Crippen LogP contribution in [0.1, 0.15) is 51.0 Å². The van der Waals surface area contributed by atoms with E-state index < -0.39 is 11.6 Å². The zero-order valence-electron chi connectivity index (χ0n) is 21.4. The van der Waals surface area contributed by atoms with Gasteiger partial charge < -0.3 is 23.5 Å². The highest BCUT2D eigenvalue weighted by Gasteiger charge is 2.31. The summed E-state index contributed by atoms with van der Waals surface area (Å²) >= 11 is 0. The van der Waals surface area contributed by atoms with E-state index in [1.807, 2.05) is 20.8 Å². The molecule has 8 heteroatoms. The lowest BCUT2D eigenvalue weighted by Gasteiger charge is -2.24. The quantitative estimate of drug-likeness (QED) is 0.310. The Morgan fingerprint density at radius 3 is 2.59 bits per heavy atom. The van der Waals surface area contributed by atoms with Crippen molar-refractivity contribution in [3.63, 3.8) is 0 Å². The molecule has 0 radical (unpaired) electrons. The molecule has 1 aliphatic heterocycles. The van der Waals surface area contributed by atoms with Crippen LogP contribution in [0.3, 0.4) is 0 Å². The minimum Gasteiger partial charge on any atom is -0.489 e. The molecule has 3 aromatic rings. The van der Waals surface area contributed by atoms with Crippen molar-refractivity contribution < 1.29 is 28.2 Å². The molecule has 192 valence electrons. The van der Waals surface area contributed by atoms with Gasteiger partial charge in [-0.25, -0.2) is 9.59 Å². The lowest BCUT2D eigenvalue weighted by atomic mass is 10.0. The van der Waals surface area contributed by atoms with Gasteiger partial charge in [-0.3, -0.25) is 0 Å². The topological polar surface area (TPSA) is 102 Å². The Hall–Kier alpha value is -4.25. The molecule has 1 aromatic heterocycles. The number of nitrogens with zero attached hydrogens (tertiary/aromatic N) is 2. The van der Waals surface area contributed by atoms with E-state index in [0.29, 0.717) is 53.3 Å². The van der Waals surface area contributed by atoms with Crippen LogP contribution < -0.4 is 4.74 Å². The first-order valence-corrected chi connectivity index (χ1v) is 12.2. The number of esters is 1. The Morgan fingerprint density at radius 2 is 1.92 bits per heavy atom. The largest absolute Gasteiger partial charge is 0.489 e. The van der Waals surface area contributed by atoms with Gasteiger partial charge in [0.2, 0.25) is 0 Å². The Labute approximate surface area is 216 Å². The van der Waals surface area contributed by atoms with Gasteiger partial charge in [0.1, 0.15) is 28.8 Å². The first kappa shape index (κ1) is 25.8. The maximum Gasteiger partial charge on any atom is 0.410 e. The van der Waals surface area contributed by atoms with Gasteiger partial charge in [0.25, 0.3) is 0 Å². The lowest BCUT2D eigenvalue weighted by Crippen LogP contribution is -2.36. The zero-order chi connectivity index (χ0) is 26.6. The molecule has 0 spiro atoms. The number of fused-ring (bicyclic) bond motifs is 1. The molecular formula is C29H30N2O6.